The standard InChI is InChI=1S/C12H17NO2S/c1-12(2,10-6-4-3-5-7-10)13-11(14)15-8-9-16/h3-7,16H,8-9H2,1-2H3,(H,13,14). The number of hydrogen-bond donors (Lipinski definition) is 2. The summed E-state index contributed by atoms with van der Waals surface area (Å²) < 4.78 is 4.92. The fourth-order valence-corrected chi connectivity index (χ4v) is 1.45. The molecule has 0 spiro atoms. The third-order valence-corrected chi connectivity index (χ3v) is 2.42. The average molecular weight is 239 g/mol. The maximum Gasteiger partial charge on any atom is 0.407 e. The van der Waals surface area contributed by atoms with Crippen LogP contribution >= 0.6 is 12.6 Å². The van der Waals surface area contributed by atoms with E-state index in [1.165, 1.54) is 0 Å². The van der Waals surface area contributed by atoms with Crippen molar-refractivity contribution in [1.29, 1.82) is 0 Å². The van der Waals surface area contributed by atoms with Crippen molar-refractivity contribution in [3.63, 3.8) is 0 Å². The molecule has 0 saturated carbocycles. The Bertz CT molecular complexity index is 338. The Kier molecular flexibility index (Phi) is 4.68. The van der Waals surface area contributed by atoms with Crippen LogP contribution in [0.1, 0.15) is 19.4 Å². The van der Waals surface area contributed by atoms with Crippen LogP contribution in [0.4, 0.5) is 4.79 Å². The number of rotatable bonds is 4. The predicted octanol–water partition coefficient (Wildman–Crippen LogP) is 2.58. The first kappa shape index (κ1) is 12.9. The molecule has 0 bridgehead atoms. The van der Waals surface area contributed by atoms with Crippen LogP contribution in [0.15, 0.2) is 30.3 Å². The van der Waals surface area contributed by atoms with Gasteiger partial charge in [0.1, 0.15) is 6.61 Å². The van der Waals surface area contributed by atoms with Crippen LogP contribution in [-0.4, -0.2) is 18.5 Å². The lowest BCUT2D eigenvalue weighted by Crippen LogP contribution is -2.41. The van der Waals surface area contributed by atoms with Crippen molar-refractivity contribution < 1.29 is 9.53 Å². The SMILES string of the molecule is CC(C)(NC(=O)OCCS)c1ccccc1. The monoisotopic (exact) mass is 239 g/mol. The third-order valence-electron chi connectivity index (χ3n) is 2.23. The van der Waals surface area contributed by atoms with Crippen molar-refractivity contribution in [3.8, 4) is 0 Å². The molecule has 0 aromatic heterocycles. The molecule has 1 aromatic rings. The Morgan fingerprint density at radius 3 is 2.56 bits per heavy atom. The molecule has 0 aliphatic heterocycles. The van der Waals surface area contributed by atoms with E-state index >= 15 is 0 Å². The summed E-state index contributed by atoms with van der Waals surface area (Å²) in [6.07, 6.45) is -0.414. The van der Waals surface area contributed by atoms with E-state index in [0.717, 1.165) is 5.56 Å². The number of ether oxygens (including phenoxy) is 1. The van der Waals surface area contributed by atoms with Gasteiger partial charge in [0.25, 0.3) is 0 Å². The lowest BCUT2D eigenvalue weighted by molar-refractivity contribution is 0.142. The lowest BCUT2D eigenvalue weighted by Gasteiger charge is -2.26. The average Bonchev–Trinajstić information content (AvgIpc) is 2.27. The molecule has 0 fully saturated rings. The minimum atomic E-state index is -0.436. The minimum Gasteiger partial charge on any atom is -0.449 e. The summed E-state index contributed by atoms with van der Waals surface area (Å²) in [5.74, 6) is 0.527. The van der Waals surface area contributed by atoms with Crippen LogP contribution in [0.25, 0.3) is 0 Å². The number of amides is 1. The topological polar surface area (TPSA) is 38.3 Å². The largest absolute Gasteiger partial charge is 0.449 e. The van der Waals surface area contributed by atoms with Crippen molar-refractivity contribution >= 4 is 18.7 Å². The summed E-state index contributed by atoms with van der Waals surface area (Å²) in [4.78, 5) is 11.4. The van der Waals surface area contributed by atoms with E-state index in [9.17, 15) is 4.79 Å². The van der Waals surface area contributed by atoms with Gasteiger partial charge in [0.15, 0.2) is 0 Å². The molecular weight excluding hydrogens is 222 g/mol. The maximum atomic E-state index is 11.4. The third kappa shape index (κ3) is 3.77. The number of hydrogen-bond acceptors (Lipinski definition) is 3. The number of thiol groups is 1. The highest BCUT2D eigenvalue weighted by Gasteiger charge is 2.22. The van der Waals surface area contributed by atoms with Crippen molar-refractivity contribution in [2.24, 2.45) is 0 Å². The number of nitrogens with one attached hydrogen (secondary N) is 1. The van der Waals surface area contributed by atoms with Gasteiger partial charge in [-0.25, -0.2) is 4.79 Å². The van der Waals surface area contributed by atoms with E-state index in [-0.39, 0.29) is 0 Å². The summed E-state index contributed by atoms with van der Waals surface area (Å²) >= 11 is 3.97. The molecule has 1 rings (SSSR count). The highest BCUT2D eigenvalue weighted by Crippen LogP contribution is 2.19. The van der Waals surface area contributed by atoms with Gasteiger partial charge in [0, 0.05) is 5.75 Å². The maximum absolute atomic E-state index is 11.4. The molecule has 0 atom stereocenters. The van der Waals surface area contributed by atoms with Gasteiger partial charge in [0.05, 0.1) is 5.54 Å². The van der Waals surface area contributed by atoms with Crippen LogP contribution in [0.2, 0.25) is 0 Å². The van der Waals surface area contributed by atoms with Gasteiger partial charge in [0.2, 0.25) is 0 Å². The molecule has 0 aliphatic rings. The van der Waals surface area contributed by atoms with Gasteiger partial charge >= 0.3 is 6.09 Å². The second-order valence-electron chi connectivity index (χ2n) is 3.98. The Morgan fingerprint density at radius 2 is 2.00 bits per heavy atom. The second-order valence-corrected chi connectivity index (χ2v) is 4.42. The van der Waals surface area contributed by atoms with Crippen LogP contribution < -0.4 is 5.32 Å². The van der Waals surface area contributed by atoms with Gasteiger partial charge in [-0.2, -0.15) is 12.6 Å². The van der Waals surface area contributed by atoms with E-state index in [2.05, 4.69) is 17.9 Å². The molecule has 4 heteroatoms. The molecule has 1 N–H and O–H groups in total. The summed E-state index contributed by atoms with van der Waals surface area (Å²) in [5, 5.41) is 2.81. The fourth-order valence-electron chi connectivity index (χ4n) is 1.36. The molecule has 3 nitrogen and oxygen atoms in total. The number of alkyl carbamates (subject to hydrolysis) is 1. The zero-order chi connectivity index (χ0) is 12.0. The first-order chi connectivity index (χ1) is 7.56. The van der Waals surface area contributed by atoms with E-state index in [4.69, 9.17) is 4.74 Å². The molecule has 0 unspecified atom stereocenters. The molecule has 88 valence electrons. The normalized spacial score (nSPS) is 10.9. The zero-order valence-corrected chi connectivity index (χ0v) is 10.5. The fraction of sp³-hybridized carbons (Fsp3) is 0.417. The van der Waals surface area contributed by atoms with Crippen LogP contribution in [0.3, 0.4) is 0 Å². The zero-order valence-electron chi connectivity index (χ0n) is 9.56. The van der Waals surface area contributed by atoms with Gasteiger partial charge < -0.3 is 10.1 Å². The highest BCUT2D eigenvalue weighted by atomic mass is 32.1. The smallest absolute Gasteiger partial charge is 0.407 e. The summed E-state index contributed by atoms with van der Waals surface area (Å²) in [5.41, 5.74) is 0.604. The quantitative estimate of drug-likeness (QED) is 0.793. The Hall–Kier alpha value is -1.16. The molecule has 0 radical (unpaired) electrons. The van der Waals surface area contributed by atoms with Crippen LogP contribution in [-0.2, 0) is 10.3 Å². The van der Waals surface area contributed by atoms with Gasteiger partial charge in [-0.1, -0.05) is 30.3 Å². The second kappa shape index (κ2) is 5.80. The molecule has 0 saturated heterocycles. The molecule has 1 aromatic carbocycles. The Labute approximate surface area is 102 Å². The number of benzene rings is 1. The first-order valence-electron chi connectivity index (χ1n) is 5.17. The predicted molar refractivity (Wildman–Crippen MR) is 67.8 cm³/mol. The first-order valence-corrected chi connectivity index (χ1v) is 5.81. The summed E-state index contributed by atoms with van der Waals surface area (Å²) in [6, 6.07) is 9.77. The van der Waals surface area contributed by atoms with Gasteiger partial charge in [-0.15, -0.1) is 0 Å². The highest BCUT2D eigenvalue weighted by molar-refractivity contribution is 7.80. The van der Waals surface area contributed by atoms with E-state index < -0.39 is 11.6 Å². The number of carbonyl (C=O) groups excluding carboxylic acids is 1. The summed E-state index contributed by atoms with van der Waals surface area (Å²) in [7, 11) is 0. The van der Waals surface area contributed by atoms with E-state index in [0.29, 0.717) is 12.4 Å². The minimum absolute atomic E-state index is 0.319. The lowest BCUT2D eigenvalue weighted by atomic mass is 9.95. The van der Waals surface area contributed by atoms with Crippen molar-refractivity contribution in [1.82, 2.24) is 5.32 Å². The van der Waals surface area contributed by atoms with Crippen molar-refractivity contribution in [2.45, 2.75) is 19.4 Å². The molecular formula is C12H17NO2S. The van der Waals surface area contributed by atoms with Crippen LogP contribution in [0.5, 0.6) is 0 Å². The molecule has 0 heterocycles. The Balaban J connectivity index is 2.61. The molecule has 1 amide bonds. The number of carbonyl (C=O) groups is 1. The van der Waals surface area contributed by atoms with E-state index in [1.54, 1.807) is 0 Å². The summed E-state index contributed by atoms with van der Waals surface area (Å²) in [6.45, 7) is 4.19. The Morgan fingerprint density at radius 1 is 1.38 bits per heavy atom. The van der Waals surface area contributed by atoms with Gasteiger partial charge in [-0.05, 0) is 19.4 Å². The van der Waals surface area contributed by atoms with Crippen LogP contribution in [0, 0.1) is 0 Å². The van der Waals surface area contributed by atoms with E-state index in [1.807, 2.05) is 44.2 Å². The molecule has 0 aliphatic carbocycles. The van der Waals surface area contributed by atoms with Crippen molar-refractivity contribution in [3.05, 3.63) is 35.9 Å². The molecule has 16 heavy (non-hydrogen) atoms. The van der Waals surface area contributed by atoms with Crippen molar-refractivity contribution in [2.75, 3.05) is 12.4 Å². The van der Waals surface area contributed by atoms with Gasteiger partial charge in [-0.3, -0.25) is 0 Å².